The molecule has 0 spiro atoms. The molecular weight excluding hydrogens is 218 g/mol. The molecule has 5 nitrogen and oxygen atoms in total. The highest BCUT2D eigenvalue weighted by Gasteiger charge is 2.28. The van der Waals surface area contributed by atoms with E-state index < -0.39 is 21.5 Å². The Bertz CT molecular complexity index is 325. The monoisotopic (exact) mass is 235 g/mol. The van der Waals surface area contributed by atoms with Gasteiger partial charge in [0.15, 0.2) is 9.84 Å². The average Bonchev–Trinajstić information content (AvgIpc) is 2.48. The van der Waals surface area contributed by atoms with Crippen LogP contribution in [0.1, 0.15) is 19.3 Å². The van der Waals surface area contributed by atoms with E-state index in [0.717, 1.165) is 25.5 Å². The molecule has 0 aromatic carbocycles. The number of aliphatic hydroxyl groups is 1. The molecule has 1 saturated carbocycles. The lowest BCUT2D eigenvalue weighted by atomic mass is 10.1. The van der Waals surface area contributed by atoms with Crippen molar-refractivity contribution < 1.29 is 18.3 Å². The summed E-state index contributed by atoms with van der Waals surface area (Å²) in [4.78, 5) is 11.3. The molecular formula is C9H17NO4S. The fourth-order valence-corrected chi connectivity index (χ4v) is 2.49. The number of carbonyl (C=O) groups excluding carboxylic acids is 1. The molecule has 0 radical (unpaired) electrons. The van der Waals surface area contributed by atoms with Gasteiger partial charge in [-0.3, -0.25) is 4.79 Å². The molecule has 0 bridgehead atoms. The third-order valence-corrected chi connectivity index (χ3v) is 3.42. The summed E-state index contributed by atoms with van der Waals surface area (Å²) >= 11 is 0. The average molecular weight is 235 g/mol. The molecule has 1 aliphatic carbocycles. The summed E-state index contributed by atoms with van der Waals surface area (Å²) in [6, 6.07) is -0.0655. The van der Waals surface area contributed by atoms with E-state index in [0.29, 0.717) is 0 Å². The molecule has 2 N–H and O–H groups in total. The Hall–Kier alpha value is -0.620. The Morgan fingerprint density at radius 2 is 2.13 bits per heavy atom. The molecule has 0 aliphatic heterocycles. The number of aliphatic hydroxyl groups excluding tert-OH is 1. The van der Waals surface area contributed by atoms with Crippen LogP contribution in [0.5, 0.6) is 0 Å². The number of nitrogens with one attached hydrogen (secondary N) is 1. The van der Waals surface area contributed by atoms with Crippen LogP contribution in [0.4, 0.5) is 0 Å². The fraction of sp³-hybridized carbons (Fsp3) is 0.889. The first kappa shape index (κ1) is 12.4. The predicted octanol–water partition coefficient (Wildman–Crippen LogP) is -0.692. The minimum absolute atomic E-state index is 0.0455. The van der Waals surface area contributed by atoms with Crippen LogP contribution in [0.25, 0.3) is 0 Å². The van der Waals surface area contributed by atoms with Gasteiger partial charge in [0.1, 0.15) is 5.75 Å². The van der Waals surface area contributed by atoms with Crippen LogP contribution in [0.15, 0.2) is 0 Å². The van der Waals surface area contributed by atoms with E-state index in [2.05, 4.69) is 5.32 Å². The van der Waals surface area contributed by atoms with E-state index in [4.69, 9.17) is 5.11 Å². The molecule has 1 fully saturated rings. The fourth-order valence-electron chi connectivity index (χ4n) is 1.93. The first-order chi connectivity index (χ1) is 6.92. The van der Waals surface area contributed by atoms with Gasteiger partial charge in [-0.15, -0.1) is 0 Å². The Morgan fingerprint density at radius 1 is 1.47 bits per heavy atom. The molecule has 15 heavy (non-hydrogen) atoms. The van der Waals surface area contributed by atoms with Crippen molar-refractivity contribution in [3.8, 4) is 0 Å². The number of hydrogen-bond donors (Lipinski definition) is 2. The molecule has 0 saturated heterocycles. The van der Waals surface area contributed by atoms with Gasteiger partial charge in [0.05, 0.1) is 0 Å². The maximum Gasteiger partial charge on any atom is 0.235 e. The Morgan fingerprint density at radius 3 is 2.67 bits per heavy atom. The van der Waals surface area contributed by atoms with Crippen LogP contribution in [0.2, 0.25) is 0 Å². The first-order valence-corrected chi connectivity index (χ1v) is 7.06. The van der Waals surface area contributed by atoms with E-state index in [1.54, 1.807) is 0 Å². The van der Waals surface area contributed by atoms with Crippen LogP contribution in [-0.4, -0.2) is 44.1 Å². The molecule has 0 aromatic rings. The summed E-state index contributed by atoms with van der Waals surface area (Å²) < 4.78 is 21.7. The van der Waals surface area contributed by atoms with Crippen LogP contribution in [0, 0.1) is 5.92 Å². The number of amides is 1. The zero-order valence-corrected chi connectivity index (χ0v) is 9.59. The van der Waals surface area contributed by atoms with Crippen molar-refractivity contribution in [3.05, 3.63) is 0 Å². The van der Waals surface area contributed by atoms with E-state index in [-0.39, 0.29) is 18.6 Å². The zero-order valence-electron chi connectivity index (χ0n) is 8.77. The molecule has 1 rings (SSSR count). The van der Waals surface area contributed by atoms with Crippen LogP contribution >= 0.6 is 0 Å². The number of rotatable bonds is 4. The standard InChI is InChI=1S/C9H17NO4S/c1-15(13,14)6-9(12)10-8-4-2-3-7(8)5-11/h7-8,11H,2-6H2,1H3,(H,10,12). The van der Waals surface area contributed by atoms with Crippen molar-refractivity contribution in [2.45, 2.75) is 25.3 Å². The normalized spacial score (nSPS) is 26.5. The van der Waals surface area contributed by atoms with Gasteiger partial charge < -0.3 is 10.4 Å². The maximum absolute atomic E-state index is 11.3. The second kappa shape index (κ2) is 4.94. The third kappa shape index (κ3) is 4.17. The van der Waals surface area contributed by atoms with Crippen molar-refractivity contribution >= 4 is 15.7 Å². The largest absolute Gasteiger partial charge is 0.396 e. The molecule has 2 atom stereocenters. The summed E-state index contributed by atoms with van der Waals surface area (Å²) in [6.07, 6.45) is 3.71. The van der Waals surface area contributed by atoms with Crippen molar-refractivity contribution in [2.75, 3.05) is 18.6 Å². The van der Waals surface area contributed by atoms with E-state index >= 15 is 0 Å². The van der Waals surface area contributed by atoms with Crippen molar-refractivity contribution in [2.24, 2.45) is 5.92 Å². The number of hydrogen-bond acceptors (Lipinski definition) is 4. The molecule has 2 unspecified atom stereocenters. The minimum Gasteiger partial charge on any atom is -0.396 e. The third-order valence-electron chi connectivity index (χ3n) is 2.63. The lowest BCUT2D eigenvalue weighted by Crippen LogP contribution is -2.41. The Balaban J connectivity index is 2.44. The van der Waals surface area contributed by atoms with Gasteiger partial charge in [-0.1, -0.05) is 6.42 Å². The predicted molar refractivity (Wildman–Crippen MR) is 56.1 cm³/mol. The van der Waals surface area contributed by atoms with Gasteiger partial charge in [0.2, 0.25) is 5.91 Å². The van der Waals surface area contributed by atoms with E-state index in [1.807, 2.05) is 0 Å². The smallest absolute Gasteiger partial charge is 0.235 e. The Kier molecular flexibility index (Phi) is 4.10. The lowest BCUT2D eigenvalue weighted by Gasteiger charge is -2.18. The minimum atomic E-state index is -3.26. The van der Waals surface area contributed by atoms with Crippen LogP contribution in [-0.2, 0) is 14.6 Å². The zero-order chi connectivity index (χ0) is 11.5. The van der Waals surface area contributed by atoms with Gasteiger partial charge in [-0.2, -0.15) is 0 Å². The summed E-state index contributed by atoms with van der Waals surface area (Å²) in [6.45, 7) is 0.0455. The van der Waals surface area contributed by atoms with Gasteiger partial charge in [-0.05, 0) is 12.8 Å². The van der Waals surface area contributed by atoms with Crippen LogP contribution < -0.4 is 5.32 Å². The SMILES string of the molecule is CS(=O)(=O)CC(=O)NC1CCCC1CO. The highest BCUT2D eigenvalue weighted by Crippen LogP contribution is 2.24. The lowest BCUT2D eigenvalue weighted by molar-refractivity contribution is -0.119. The molecule has 0 aromatic heterocycles. The van der Waals surface area contributed by atoms with Gasteiger partial charge in [-0.25, -0.2) is 8.42 Å². The molecule has 1 amide bonds. The maximum atomic E-state index is 11.3. The number of carbonyl (C=O) groups is 1. The van der Waals surface area contributed by atoms with Gasteiger partial charge in [0, 0.05) is 24.8 Å². The summed E-state index contributed by atoms with van der Waals surface area (Å²) in [5.74, 6) is -0.863. The summed E-state index contributed by atoms with van der Waals surface area (Å²) in [7, 11) is -3.26. The second-order valence-electron chi connectivity index (χ2n) is 4.12. The molecule has 88 valence electrons. The van der Waals surface area contributed by atoms with Gasteiger partial charge in [0.25, 0.3) is 0 Å². The Labute approximate surface area is 89.8 Å². The van der Waals surface area contributed by atoms with Crippen molar-refractivity contribution in [1.82, 2.24) is 5.32 Å². The van der Waals surface area contributed by atoms with E-state index in [9.17, 15) is 13.2 Å². The molecule has 6 heteroatoms. The van der Waals surface area contributed by atoms with Crippen LogP contribution in [0.3, 0.4) is 0 Å². The van der Waals surface area contributed by atoms with Crippen molar-refractivity contribution in [3.63, 3.8) is 0 Å². The van der Waals surface area contributed by atoms with E-state index in [1.165, 1.54) is 0 Å². The quantitative estimate of drug-likeness (QED) is 0.675. The van der Waals surface area contributed by atoms with Crippen molar-refractivity contribution in [1.29, 1.82) is 0 Å². The second-order valence-corrected chi connectivity index (χ2v) is 6.26. The summed E-state index contributed by atoms with van der Waals surface area (Å²) in [5.41, 5.74) is 0. The topological polar surface area (TPSA) is 83.5 Å². The highest BCUT2D eigenvalue weighted by atomic mass is 32.2. The van der Waals surface area contributed by atoms with Gasteiger partial charge >= 0.3 is 0 Å². The number of sulfone groups is 1. The first-order valence-electron chi connectivity index (χ1n) is 5.00. The summed E-state index contributed by atoms with van der Waals surface area (Å²) in [5, 5.41) is 11.7. The molecule has 0 heterocycles. The highest BCUT2D eigenvalue weighted by molar-refractivity contribution is 7.91. The molecule has 1 aliphatic rings.